The Hall–Kier alpha value is -3.20. The average Bonchev–Trinajstić information content (AvgIpc) is 3.39. The molecule has 1 amide bonds. The highest BCUT2D eigenvalue weighted by molar-refractivity contribution is 6.30. The molecule has 0 radical (unpaired) electrons. The molecular formula is C22H22ClN5O3. The third-order valence-electron chi connectivity index (χ3n) is 4.86. The van der Waals surface area contributed by atoms with Gasteiger partial charge in [0.25, 0.3) is 5.91 Å². The highest BCUT2D eigenvalue weighted by atomic mass is 35.5. The number of hydrogen-bond acceptors (Lipinski definition) is 5. The molecule has 2 heterocycles. The van der Waals surface area contributed by atoms with Crippen LogP contribution in [-0.2, 0) is 11.3 Å². The number of benzene rings is 2. The number of nitrogens with zero attached hydrogens (tertiary/aromatic N) is 3. The number of imidazole rings is 2. The van der Waals surface area contributed by atoms with Gasteiger partial charge in [0.1, 0.15) is 11.5 Å². The van der Waals surface area contributed by atoms with E-state index in [1.807, 2.05) is 22.8 Å². The predicted molar refractivity (Wildman–Crippen MR) is 119 cm³/mol. The molecule has 3 N–H and O–H groups in total. The number of aromatic amines is 1. The zero-order valence-electron chi connectivity index (χ0n) is 16.9. The van der Waals surface area contributed by atoms with Crippen LogP contribution in [0.1, 0.15) is 10.4 Å². The van der Waals surface area contributed by atoms with Crippen molar-refractivity contribution >= 4 is 28.5 Å². The first-order valence-corrected chi connectivity index (χ1v) is 10.2. The Bertz CT molecular complexity index is 1200. The first-order chi connectivity index (χ1) is 15.1. The van der Waals surface area contributed by atoms with Crippen molar-refractivity contribution < 1.29 is 14.6 Å². The summed E-state index contributed by atoms with van der Waals surface area (Å²) in [6.07, 6.45) is 1.71. The van der Waals surface area contributed by atoms with Gasteiger partial charge in [-0.1, -0.05) is 11.6 Å². The number of aliphatic hydroxyl groups is 1. The van der Waals surface area contributed by atoms with E-state index < -0.39 is 0 Å². The van der Waals surface area contributed by atoms with Gasteiger partial charge in [-0.05, 0) is 42.5 Å². The summed E-state index contributed by atoms with van der Waals surface area (Å²) in [7, 11) is 1.58. The zero-order chi connectivity index (χ0) is 21.8. The minimum atomic E-state index is -0.191. The van der Waals surface area contributed by atoms with Crippen LogP contribution < -0.4 is 5.32 Å². The molecule has 0 bridgehead atoms. The lowest BCUT2D eigenvalue weighted by Crippen LogP contribution is -2.26. The van der Waals surface area contributed by atoms with Crippen molar-refractivity contribution in [2.75, 3.05) is 26.9 Å². The van der Waals surface area contributed by atoms with Crippen molar-refractivity contribution in [3.8, 4) is 22.9 Å². The van der Waals surface area contributed by atoms with E-state index in [1.165, 1.54) is 0 Å². The van der Waals surface area contributed by atoms with Gasteiger partial charge in [0.2, 0.25) is 0 Å². The molecule has 2 aromatic heterocycles. The maximum atomic E-state index is 12.4. The van der Waals surface area contributed by atoms with E-state index in [1.54, 1.807) is 37.6 Å². The number of amides is 1. The van der Waals surface area contributed by atoms with Crippen LogP contribution in [-0.4, -0.2) is 57.4 Å². The molecule has 0 aliphatic rings. The number of carbonyl (C=O) groups is 1. The fourth-order valence-corrected chi connectivity index (χ4v) is 3.49. The van der Waals surface area contributed by atoms with Crippen LogP contribution in [0.25, 0.3) is 33.9 Å². The quantitative estimate of drug-likeness (QED) is 0.366. The number of hydrogen-bond donors (Lipinski definition) is 3. The first-order valence-electron chi connectivity index (χ1n) is 9.80. The number of methoxy groups -OCH3 is 1. The first kappa shape index (κ1) is 21.0. The largest absolute Gasteiger partial charge is 0.395 e. The number of rotatable bonds is 8. The van der Waals surface area contributed by atoms with Crippen LogP contribution in [0.4, 0.5) is 0 Å². The third-order valence-corrected chi connectivity index (χ3v) is 5.11. The van der Waals surface area contributed by atoms with Gasteiger partial charge < -0.3 is 24.7 Å². The maximum Gasteiger partial charge on any atom is 0.251 e. The van der Waals surface area contributed by atoms with Gasteiger partial charge in [-0.15, -0.1) is 0 Å². The monoisotopic (exact) mass is 439 g/mol. The van der Waals surface area contributed by atoms with Gasteiger partial charge in [-0.2, -0.15) is 0 Å². The van der Waals surface area contributed by atoms with E-state index >= 15 is 0 Å². The summed E-state index contributed by atoms with van der Waals surface area (Å²) in [6.45, 7) is 1.19. The number of nitrogens with one attached hydrogen (secondary N) is 2. The Balaban J connectivity index is 1.69. The van der Waals surface area contributed by atoms with Crippen LogP contribution >= 0.6 is 11.6 Å². The van der Waals surface area contributed by atoms with Crippen molar-refractivity contribution in [1.29, 1.82) is 0 Å². The van der Waals surface area contributed by atoms with Crippen LogP contribution in [0.5, 0.6) is 0 Å². The number of H-pyrrole nitrogens is 1. The molecule has 0 fully saturated rings. The number of ether oxygens (including phenoxy) is 1. The lowest BCUT2D eigenvalue weighted by atomic mass is 10.2. The van der Waals surface area contributed by atoms with Crippen LogP contribution in [0, 0.1) is 0 Å². The Labute approximate surface area is 183 Å². The summed E-state index contributed by atoms with van der Waals surface area (Å²) in [5.41, 5.74) is 3.59. The molecule has 8 nitrogen and oxygen atoms in total. The molecule has 9 heteroatoms. The van der Waals surface area contributed by atoms with Crippen molar-refractivity contribution in [3.63, 3.8) is 0 Å². The number of aromatic nitrogens is 4. The minimum absolute atomic E-state index is 0.0457. The summed E-state index contributed by atoms with van der Waals surface area (Å²) in [5, 5.41) is 13.0. The minimum Gasteiger partial charge on any atom is -0.395 e. The summed E-state index contributed by atoms with van der Waals surface area (Å²) in [4.78, 5) is 24.8. The smallest absolute Gasteiger partial charge is 0.251 e. The molecule has 4 aromatic rings. The van der Waals surface area contributed by atoms with Crippen molar-refractivity contribution in [2.24, 2.45) is 0 Å². The van der Waals surface area contributed by atoms with Crippen LogP contribution in [0.2, 0.25) is 5.02 Å². The van der Waals surface area contributed by atoms with Crippen LogP contribution in [0.15, 0.2) is 48.7 Å². The molecule has 0 unspecified atom stereocenters. The van der Waals surface area contributed by atoms with Gasteiger partial charge in [0, 0.05) is 36.3 Å². The van der Waals surface area contributed by atoms with E-state index in [-0.39, 0.29) is 12.5 Å². The molecular weight excluding hydrogens is 418 g/mol. The second kappa shape index (κ2) is 9.30. The van der Waals surface area contributed by atoms with Gasteiger partial charge in [0.05, 0.1) is 30.4 Å². The van der Waals surface area contributed by atoms with E-state index in [0.29, 0.717) is 53.1 Å². The summed E-state index contributed by atoms with van der Waals surface area (Å²) in [5.74, 6) is 1.13. The van der Waals surface area contributed by atoms with Crippen LogP contribution in [0.3, 0.4) is 0 Å². The molecule has 2 aromatic carbocycles. The highest BCUT2D eigenvalue weighted by Crippen LogP contribution is 2.27. The standard InChI is InChI=1S/C22H22ClN5O3/c1-31-11-8-24-22(30)15-4-7-19-17(12-15)27-21(28(19)9-10-29)18-13-25-20(26-18)14-2-5-16(23)6-3-14/h2-7,12-13,29H,8-11H2,1H3,(H,24,30)(H,25,26). The Morgan fingerprint density at radius 2 is 2.06 bits per heavy atom. The molecule has 31 heavy (non-hydrogen) atoms. The summed E-state index contributed by atoms with van der Waals surface area (Å²) >= 11 is 5.97. The lowest BCUT2D eigenvalue weighted by Gasteiger charge is -2.07. The van der Waals surface area contributed by atoms with Gasteiger partial charge >= 0.3 is 0 Å². The maximum absolute atomic E-state index is 12.4. The lowest BCUT2D eigenvalue weighted by molar-refractivity contribution is 0.0937. The van der Waals surface area contributed by atoms with Crippen molar-refractivity contribution in [2.45, 2.75) is 6.54 Å². The van der Waals surface area contributed by atoms with Gasteiger partial charge in [-0.25, -0.2) is 9.97 Å². The van der Waals surface area contributed by atoms with E-state index in [4.69, 9.17) is 21.3 Å². The average molecular weight is 440 g/mol. The Morgan fingerprint density at radius 3 is 2.81 bits per heavy atom. The molecule has 0 atom stereocenters. The second-order valence-corrected chi connectivity index (χ2v) is 7.35. The molecule has 4 rings (SSSR count). The highest BCUT2D eigenvalue weighted by Gasteiger charge is 2.17. The molecule has 0 aliphatic heterocycles. The molecule has 0 saturated heterocycles. The zero-order valence-corrected chi connectivity index (χ0v) is 17.7. The SMILES string of the molecule is COCCNC(=O)c1ccc2c(c1)nc(-c1cnc(-c3ccc(Cl)cc3)[nH]1)n2CCO. The van der Waals surface area contributed by atoms with Crippen molar-refractivity contribution in [1.82, 2.24) is 24.8 Å². The number of carbonyl (C=O) groups excluding carboxylic acids is 1. The fraction of sp³-hybridized carbons (Fsp3) is 0.227. The number of aliphatic hydroxyl groups excluding tert-OH is 1. The van der Waals surface area contributed by atoms with E-state index in [2.05, 4.69) is 15.3 Å². The number of halogens is 1. The molecule has 0 saturated carbocycles. The Kier molecular flexibility index (Phi) is 6.31. The van der Waals surface area contributed by atoms with Gasteiger partial charge in [-0.3, -0.25) is 4.79 Å². The van der Waals surface area contributed by atoms with E-state index in [9.17, 15) is 9.90 Å². The number of fused-ring (bicyclic) bond motifs is 1. The fourth-order valence-electron chi connectivity index (χ4n) is 3.36. The Morgan fingerprint density at radius 1 is 1.26 bits per heavy atom. The summed E-state index contributed by atoms with van der Waals surface area (Å²) in [6, 6.07) is 12.7. The molecule has 0 aliphatic carbocycles. The third kappa shape index (κ3) is 4.46. The van der Waals surface area contributed by atoms with Crippen molar-refractivity contribution in [3.05, 3.63) is 59.2 Å². The molecule has 160 valence electrons. The molecule has 0 spiro atoms. The summed E-state index contributed by atoms with van der Waals surface area (Å²) < 4.78 is 6.87. The predicted octanol–water partition coefficient (Wildman–Crippen LogP) is 3.12. The van der Waals surface area contributed by atoms with Gasteiger partial charge in [0.15, 0.2) is 5.82 Å². The topological polar surface area (TPSA) is 105 Å². The second-order valence-electron chi connectivity index (χ2n) is 6.92. The normalized spacial score (nSPS) is 11.2. The van der Waals surface area contributed by atoms with E-state index in [0.717, 1.165) is 11.1 Å².